The van der Waals surface area contributed by atoms with Gasteiger partial charge in [0.2, 0.25) is 0 Å². The molecule has 0 amide bonds. The van der Waals surface area contributed by atoms with E-state index in [0.29, 0.717) is 11.8 Å². The molecule has 1 N–H and O–H groups in total. The minimum absolute atomic E-state index is 0.705. The fourth-order valence-electron chi connectivity index (χ4n) is 5.02. The van der Waals surface area contributed by atoms with Gasteiger partial charge in [0.05, 0.1) is 14.2 Å². The smallest absolute Gasteiger partial charge is 0.126 e. The van der Waals surface area contributed by atoms with E-state index in [1.165, 1.54) is 54.5 Å². The lowest BCUT2D eigenvalue weighted by molar-refractivity contribution is 0.355. The predicted molar refractivity (Wildman–Crippen MR) is 88.2 cm³/mol. The average Bonchev–Trinajstić information content (AvgIpc) is 3.17. The Morgan fingerprint density at radius 3 is 2.41 bits per heavy atom. The Balaban J connectivity index is 1.73. The second-order valence-corrected chi connectivity index (χ2v) is 7.20. The van der Waals surface area contributed by atoms with Crippen LogP contribution in [0, 0.1) is 5.92 Å². The van der Waals surface area contributed by atoms with Crippen LogP contribution in [0.25, 0.3) is 0 Å². The summed E-state index contributed by atoms with van der Waals surface area (Å²) in [6, 6.07) is 2.28. The number of methoxy groups -OCH3 is 2. The van der Waals surface area contributed by atoms with Crippen molar-refractivity contribution in [2.75, 3.05) is 27.3 Å². The summed E-state index contributed by atoms with van der Waals surface area (Å²) >= 11 is 0. The molecule has 1 aromatic carbocycles. The summed E-state index contributed by atoms with van der Waals surface area (Å²) in [5, 5.41) is 3.46. The molecular formula is C19H27NO2. The van der Waals surface area contributed by atoms with Crippen molar-refractivity contribution in [2.24, 2.45) is 5.92 Å². The molecular weight excluding hydrogens is 274 g/mol. The molecule has 1 saturated heterocycles. The van der Waals surface area contributed by atoms with Crippen molar-refractivity contribution in [3.63, 3.8) is 0 Å². The van der Waals surface area contributed by atoms with Crippen LogP contribution in [0.5, 0.6) is 11.5 Å². The Kier molecular flexibility index (Phi) is 3.77. The highest BCUT2D eigenvalue weighted by atomic mass is 16.5. The SMILES string of the molecule is COc1cc(CC2CCNCC2)c(OC)c2c1C1CCC2C1. The number of piperidine rings is 1. The van der Waals surface area contributed by atoms with Crippen LogP contribution >= 0.6 is 0 Å². The number of benzene rings is 1. The lowest BCUT2D eigenvalue weighted by Crippen LogP contribution is -2.28. The summed E-state index contributed by atoms with van der Waals surface area (Å²) in [6.07, 6.45) is 7.63. The van der Waals surface area contributed by atoms with Crippen LogP contribution in [0.1, 0.15) is 60.6 Å². The van der Waals surface area contributed by atoms with Crippen LogP contribution < -0.4 is 14.8 Å². The molecule has 2 aliphatic carbocycles. The lowest BCUT2D eigenvalue weighted by Gasteiger charge is -2.27. The predicted octanol–water partition coefficient (Wildman–Crippen LogP) is 3.61. The lowest BCUT2D eigenvalue weighted by atomic mass is 9.84. The molecule has 120 valence electrons. The van der Waals surface area contributed by atoms with Crippen LogP contribution in [0.15, 0.2) is 6.07 Å². The first-order valence-electron chi connectivity index (χ1n) is 8.80. The van der Waals surface area contributed by atoms with E-state index in [2.05, 4.69) is 11.4 Å². The quantitative estimate of drug-likeness (QED) is 0.921. The van der Waals surface area contributed by atoms with Crippen molar-refractivity contribution >= 4 is 0 Å². The first-order chi connectivity index (χ1) is 10.8. The summed E-state index contributed by atoms with van der Waals surface area (Å²) in [5.41, 5.74) is 4.32. The molecule has 3 heteroatoms. The molecule has 2 bridgehead atoms. The van der Waals surface area contributed by atoms with E-state index in [9.17, 15) is 0 Å². The van der Waals surface area contributed by atoms with Crippen molar-refractivity contribution in [3.8, 4) is 11.5 Å². The third-order valence-electron chi connectivity index (χ3n) is 6.04. The number of ether oxygens (including phenoxy) is 2. The molecule has 3 aliphatic rings. The van der Waals surface area contributed by atoms with Gasteiger partial charge < -0.3 is 14.8 Å². The largest absolute Gasteiger partial charge is 0.496 e. The maximum absolute atomic E-state index is 5.91. The Morgan fingerprint density at radius 2 is 1.73 bits per heavy atom. The first-order valence-corrected chi connectivity index (χ1v) is 8.80. The van der Waals surface area contributed by atoms with Gasteiger partial charge in [-0.2, -0.15) is 0 Å². The highest BCUT2D eigenvalue weighted by Gasteiger charge is 2.42. The number of fused-ring (bicyclic) bond motifs is 5. The number of hydrogen-bond donors (Lipinski definition) is 1. The zero-order valence-electron chi connectivity index (χ0n) is 13.8. The molecule has 0 spiro atoms. The third kappa shape index (κ3) is 2.21. The number of rotatable bonds is 4. The molecule has 3 nitrogen and oxygen atoms in total. The second kappa shape index (κ2) is 5.77. The molecule has 4 rings (SSSR count). The topological polar surface area (TPSA) is 30.5 Å². The number of hydrogen-bond acceptors (Lipinski definition) is 3. The van der Waals surface area contributed by atoms with Gasteiger partial charge in [0, 0.05) is 11.1 Å². The number of nitrogens with one attached hydrogen (secondary N) is 1. The normalized spacial score (nSPS) is 27.0. The van der Waals surface area contributed by atoms with E-state index in [4.69, 9.17) is 9.47 Å². The Hall–Kier alpha value is -1.22. The molecule has 2 unspecified atom stereocenters. The summed E-state index contributed by atoms with van der Waals surface area (Å²) in [4.78, 5) is 0. The van der Waals surface area contributed by atoms with Gasteiger partial charge >= 0.3 is 0 Å². The molecule has 2 atom stereocenters. The van der Waals surface area contributed by atoms with Gasteiger partial charge in [0.1, 0.15) is 11.5 Å². The van der Waals surface area contributed by atoms with Gasteiger partial charge in [-0.15, -0.1) is 0 Å². The van der Waals surface area contributed by atoms with Crippen molar-refractivity contribution < 1.29 is 9.47 Å². The van der Waals surface area contributed by atoms with Gasteiger partial charge in [0.25, 0.3) is 0 Å². The van der Waals surface area contributed by atoms with Crippen molar-refractivity contribution in [1.82, 2.24) is 5.32 Å². The summed E-state index contributed by atoms with van der Waals surface area (Å²) in [5.74, 6) is 4.48. The van der Waals surface area contributed by atoms with E-state index in [1.54, 1.807) is 0 Å². The zero-order valence-corrected chi connectivity index (χ0v) is 13.8. The van der Waals surface area contributed by atoms with E-state index < -0.39 is 0 Å². The van der Waals surface area contributed by atoms with Crippen LogP contribution in [0.3, 0.4) is 0 Å². The Bertz CT molecular complexity index is 563. The average molecular weight is 301 g/mol. The maximum Gasteiger partial charge on any atom is 0.126 e. The van der Waals surface area contributed by atoms with Gasteiger partial charge in [0.15, 0.2) is 0 Å². The highest BCUT2D eigenvalue weighted by molar-refractivity contribution is 5.60. The van der Waals surface area contributed by atoms with Gasteiger partial charge in [-0.25, -0.2) is 0 Å². The van der Waals surface area contributed by atoms with Crippen LogP contribution in [0.4, 0.5) is 0 Å². The molecule has 22 heavy (non-hydrogen) atoms. The monoisotopic (exact) mass is 301 g/mol. The van der Waals surface area contributed by atoms with E-state index >= 15 is 0 Å². The summed E-state index contributed by atoms with van der Waals surface area (Å²) in [6.45, 7) is 2.31. The Labute approximate surface area is 133 Å². The van der Waals surface area contributed by atoms with Gasteiger partial charge in [-0.1, -0.05) is 0 Å². The highest BCUT2D eigenvalue weighted by Crippen LogP contribution is 2.59. The van der Waals surface area contributed by atoms with E-state index in [1.807, 2.05) is 14.2 Å². The van der Waals surface area contributed by atoms with Crippen LogP contribution in [0.2, 0.25) is 0 Å². The third-order valence-corrected chi connectivity index (χ3v) is 6.04. The summed E-state index contributed by atoms with van der Waals surface area (Å²) < 4.78 is 11.7. The molecule has 0 radical (unpaired) electrons. The molecule has 1 aliphatic heterocycles. The van der Waals surface area contributed by atoms with E-state index in [0.717, 1.165) is 31.2 Å². The molecule has 0 aromatic heterocycles. The second-order valence-electron chi connectivity index (χ2n) is 7.20. The van der Waals surface area contributed by atoms with Gasteiger partial charge in [-0.3, -0.25) is 0 Å². The van der Waals surface area contributed by atoms with Crippen molar-refractivity contribution in [1.29, 1.82) is 0 Å². The van der Waals surface area contributed by atoms with Crippen molar-refractivity contribution in [2.45, 2.75) is 50.4 Å². The first kappa shape index (κ1) is 14.4. The Morgan fingerprint density at radius 1 is 1.00 bits per heavy atom. The standard InChI is InChI=1S/C19H27NO2/c1-21-16-11-15(9-12-5-7-20-8-6-12)19(22-2)18-14-4-3-13(10-14)17(16)18/h11-14,20H,3-10H2,1-2H3. The molecule has 1 heterocycles. The van der Waals surface area contributed by atoms with Crippen LogP contribution in [-0.2, 0) is 6.42 Å². The fourth-order valence-corrected chi connectivity index (χ4v) is 5.02. The molecule has 2 fully saturated rings. The van der Waals surface area contributed by atoms with Crippen LogP contribution in [-0.4, -0.2) is 27.3 Å². The zero-order chi connectivity index (χ0) is 15.1. The summed E-state index contributed by atoms with van der Waals surface area (Å²) in [7, 11) is 3.67. The van der Waals surface area contributed by atoms with Gasteiger partial charge in [-0.05, 0) is 81.0 Å². The molecule has 1 aromatic rings. The molecule has 1 saturated carbocycles. The maximum atomic E-state index is 5.91. The van der Waals surface area contributed by atoms with Crippen molar-refractivity contribution in [3.05, 3.63) is 22.8 Å². The minimum atomic E-state index is 0.705. The fraction of sp³-hybridized carbons (Fsp3) is 0.684. The minimum Gasteiger partial charge on any atom is -0.496 e. The van der Waals surface area contributed by atoms with E-state index in [-0.39, 0.29) is 0 Å².